The minimum atomic E-state index is 0.236. The standard InChI is InChI=1S/C14H15BrOS/c15-14(10-6-7-11(16)8-10)9-13(14)17-12-4-2-1-3-5-12/h1-5,10,13H,6-9H2. The van der Waals surface area contributed by atoms with Crippen LogP contribution < -0.4 is 0 Å². The van der Waals surface area contributed by atoms with Crippen molar-refractivity contribution < 1.29 is 4.79 Å². The summed E-state index contributed by atoms with van der Waals surface area (Å²) in [6.07, 6.45) is 3.86. The van der Waals surface area contributed by atoms with Crippen LogP contribution in [-0.2, 0) is 4.79 Å². The highest BCUT2D eigenvalue weighted by atomic mass is 79.9. The average Bonchev–Trinajstić information content (AvgIpc) is 2.77. The van der Waals surface area contributed by atoms with Crippen molar-refractivity contribution in [3.8, 4) is 0 Å². The molecule has 17 heavy (non-hydrogen) atoms. The van der Waals surface area contributed by atoms with Gasteiger partial charge in [0.05, 0.1) is 0 Å². The van der Waals surface area contributed by atoms with Crippen LogP contribution in [0.1, 0.15) is 25.7 Å². The van der Waals surface area contributed by atoms with Crippen molar-refractivity contribution in [2.24, 2.45) is 5.92 Å². The summed E-state index contributed by atoms with van der Waals surface area (Å²) in [6.45, 7) is 0. The molecule has 3 heteroatoms. The molecule has 1 nitrogen and oxygen atoms in total. The van der Waals surface area contributed by atoms with E-state index in [9.17, 15) is 4.79 Å². The molecule has 0 radical (unpaired) electrons. The van der Waals surface area contributed by atoms with E-state index >= 15 is 0 Å². The van der Waals surface area contributed by atoms with Gasteiger partial charge in [-0.05, 0) is 30.9 Å². The van der Waals surface area contributed by atoms with Gasteiger partial charge in [-0.25, -0.2) is 0 Å². The van der Waals surface area contributed by atoms with Crippen LogP contribution in [0.2, 0.25) is 0 Å². The molecule has 0 N–H and O–H groups in total. The third-order valence-corrected chi connectivity index (χ3v) is 7.06. The number of hydrogen-bond donors (Lipinski definition) is 0. The number of rotatable bonds is 3. The van der Waals surface area contributed by atoms with Crippen LogP contribution in [0, 0.1) is 5.92 Å². The van der Waals surface area contributed by atoms with Crippen LogP contribution >= 0.6 is 27.7 Å². The summed E-state index contributed by atoms with van der Waals surface area (Å²) in [6, 6.07) is 10.5. The molecule has 3 rings (SSSR count). The Morgan fingerprint density at radius 1 is 1.29 bits per heavy atom. The molecule has 2 aliphatic rings. The van der Waals surface area contributed by atoms with E-state index in [-0.39, 0.29) is 4.32 Å². The fraction of sp³-hybridized carbons (Fsp3) is 0.500. The van der Waals surface area contributed by atoms with Crippen molar-refractivity contribution in [3.63, 3.8) is 0 Å². The quantitative estimate of drug-likeness (QED) is 0.783. The average molecular weight is 311 g/mol. The van der Waals surface area contributed by atoms with Crippen LogP contribution in [0.25, 0.3) is 0 Å². The van der Waals surface area contributed by atoms with Gasteiger partial charge in [-0.15, -0.1) is 11.8 Å². The van der Waals surface area contributed by atoms with Gasteiger partial charge in [0, 0.05) is 27.3 Å². The Hall–Kier alpha value is -0.280. The Labute approximate surface area is 114 Å². The van der Waals surface area contributed by atoms with Gasteiger partial charge in [0.1, 0.15) is 5.78 Å². The fourth-order valence-corrected chi connectivity index (χ4v) is 5.28. The molecule has 3 unspecified atom stereocenters. The van der Waals surface area contributed by atoms with Gasteiger partial charge in [0.15, 0.2) is 0 Å². The number of alkyl halides is 1. The number of carbonyl (C=O) groups excluding carboxylic acids is 1. The summed E-state index contributed by atoms with van der Waals surface area (Å²) in [5.41, 5.74) is 0. The van der Waals surface area contributed by atoms with Crippen molar-refractivity contribution in [2.75, 3.05) is 0 Å². The Morgan fingerprint density at radius 2 is 2.06 bits per heavy atom. The first-order valence-corrected chi connectivity index (χ1v) is 7.78. The topological polar surface area (TPSA) is 17.1 Å². The van der Waals surface area contributed by atoms with E-state index in [1.807, 2.05) is 17.8 Å². The highest BCUT2D eigenvalue weighted by Gasteiger charge is 2.58. The van der Waals surface area contributed by atoms with E-state index in [2.05, 4.69) is 40.2 Å². The van der Waals surface area contributed by atoms with E-state index in [0.29, 0.717) is 17.0 Å². The zero-order valence-corrected chi connectivity index (χ0v) is 12.0. The van der Waals surface area contributed by atoms with Crippen molar-refractivity contribution >= 4 is 33.5 Å². The summed E-state index contributed by atoms with van der Waals surface area (Å²) in [7, 11) is 0. The first-order chi connectivity index (χ1) is 8.18. The largest absolute Gasteiger partial charge is 0.300 e. The lowest BCUT2D eigenvalue weighted by molar-refractivity contribution is -0.117. The maximum atomic E-state index is 11.4. The molecule has 2 saturated carbocycles. The van der Waals surface area contributed by atoms with Crippen LogP contribution in [-0.4, -0.2) is 15.4 Å². The van der Waals surface area contributed by atoms with Gasteiger partial charge in [0.2, 0.25) is 0 Å². The summed E-state index contributed by atoms with van der Waals surface area (Å²) in [4.78, 5) is 12.7. The predicted octanol–water partition coefficient (Wildman–Crippen LogP) is 4.05. The Balaban J connectivity index is 1.63. The minimum absolute atomic E-state index is 0.236. The monoisotopic (exact) mass is 310 g/mol. The zero-order valence-electron chi connectivity index (χ0n) is 9.56. The maximum Gasteiger partial charge on any atom is 0.133 e. The van der Waals surface area contributed by atoms with E-state index in [0.717, 1.165) is 19.3 Å². The van der Waals surface area contributed by atoms with Gasteiger partial charge in [-0.2, -0.15) is 0 Å². The number of halogens is 1. The molecule has 90 valence electrons. The molecule has 0 spiro atoms. The van der Waals surface area contributed by atoms with E-state index in [1.54, 1.807) is 0 Å². The normalized spacial score (nSPS) is 36.2. The molecule has 0 amide bonds. The van der Waals surface area contributed by atoms with Gasteiger partial charge < -0.3 is 0 Å². The highest BCUT2D eigenvalue weighted by Crippen LogP contribution is 2.61. The number of Topliss-reactive ketones (excluding diaryl/α,β-unsaturated/α-hetero) is 1. The van der Waals surface area contributed by atoms with Gasteiger partial charge in [-0.1, -0.05) is 34.1 Å². The van der Waals surface area contributed by atoms with Crippen molar-refractivity contribution in [3.05, 3.63) is 30.3 Å². The second kappa shape index (κ2) is 4.43. The van der Waals surface area contributed by atoms with Gasteiger partial charge in [-0.3, -0.25) is 4.79 Å². The van der Waals surface area contributed by atoms with E-state index in [1.165, 1.54) is 11.3 Å². The van der Waals surface area contributed by atoms with Crippen LogP contribution in [0.4, 0.5) is 0 Å². The molecule has 0 aromatic heterocycles. The van der Waals surface area contributed by atoms with Gasteiger partial charge in [0.25, 0.3) is 0 Å². The lowest BCUT2D eigenvalue weighted by atomic mass is 10.0. The molecule has 1 aromatic rings. The highest BCUT2D eigenvalue weighted by molar-refractivity contribution is 9.10. The number of benzene rings is 1. The first-order valence-electron chi connectivity index (χ1n) is 6.11. The second-order valence-corrected chi connectivity index (χ2v) is 7.78. The zero-order chi connectivity index (χ0) is 11.9. The molecular formula is C14H15BrOS. The molecule has 3 atom stereocenters. The van der Waals surface area contributed by atoms with Crippen molar-refractivity contribution in [1.82, 2.24) is 0 Å². The summed E-state index contributed by atoms with van der Waals surface area (Å²) in [5, 5.41) is 0.640. The van der Waals surface area contributed by atoms with Gasteiger partial charge >= 0.3 is 0 Å². The number of thioether (sulfide) groups is 1. The summed E-state index contributed by atoms with van der Waals surface area (Å²) >= 11 is 5.84. The molecule has 0 bridgehead atoms. The molecule has 0 saturated heterocycles. The second-order valence-electron chi connectivity index (χ2n) is 5.03. The molecule has 1 aromatic carbocycles. The predicted molar refractivity (Wildman–Crippen MR) is 74.7 cm³/mol. The fourth-order valence-electron chi connectivity index (χ4n) is 2.68. The summed E-state index contributed by atoms with van der Waals surface area (Å²) < 4.78 is 0.236. The molecular weight excluding hydrogens is 296 g/mol. The third kappa shape index (κ3) is 2.32. The number of hydrogen-bond acceptors (Lipinski definition) is 2. The van der Waals surface area contributed by atoms with Crippen molar-refractivity contribution in [1.29, 1.82) is 0 Å². The first kappa shape index (κ1) is 11.8. The van der Waals surface area contributed by atoms with Crippen LogP contribution in [0.3, 0.4) is 0 Å². The molecule has 2 fully saturated rings. The minimum Gasteiger partial charge on any atom is -0.300 e. The Kier molecular flexibility index (Phi) is 3.07. The number of carbonyl (C=O) groups is 1. The number of ketones is 1. The molecule has 0 heterocycles. The van der Waals surface area contributed by atoms with Crippen molar-refractivity contribution in [2.45, 2.75) is 40.2 Å². The summed E-state index contributed by atoms with van der Waals surface area (Å²) in [5.74, 6) is 1.01. The van der Waals surface area contributed by atoms with Crippen LogP contribution in [0.15, 0.2) is 35.2 Å². The molecule has 2 aliphatic carbocycles. The lowest BCUT2D eigenvalue weighted by Gasteiger charge is -2.16. The van der Waals surface area contributed by atoms with E-state index < -0.39 is 0 Å². The van der Waals surface area contributed by atoms with Crippen LogP contribution in [0.5, 0.6) is 0 Å². The smallest absolute Gasteiger partial charge is 0.133 e. The van der Waals surface area contributed by atoms with E-state index in [4.69, 9.17) is 0 Å². The Bertz CT molecular complexity index is 433. The maximum absolute atomic E-state index is 11.4. The molecule has 0 aliphatic heterocycles. The Morgan fingerprint density at radius 3 is 2.71 bits per heavy atom. The lowest BCUT2D eigenvalue weighted by Crippen LogP contribution is -2.16. The SMILES string of the molecule is O=C1CCC(C2(Br)CC2Sc2ccccc2)C1. The third-order valence-electron chi connectivity index (χ3n) is 3.82.